The Kier molecular flexibility index (Phi) is 5.27. The number of ether oxygens (including phenoxy) is 1. The van der Waals surface area contributed by atoms with Crippen LogP contribution < -0.4 is 15.4 Å². The SMILES string of the molecule is O=C(CCOc1ccccc1-c1ccccc1)NCC1CNC1. The minimum Gasteiger partial charge on any atom is -0.492 e. The number of carbonyl (C=O) groups is 1. The smallest absolute Gasteiger partial charge is 0.223 e. The van der Waals surface area contributed by atoms with Crippen molar-refractivity contribution in [2.45, 2.75) is 6.42 Å². The van der Waals surface area contributed by atoms with Gasteiger partial charge in [0.15, 0.2) is 0 Å². The first-order valence-electron chi connectivity index (χ1n) is 8.07. The maximum atomic E-state index is 11.8. The third-order valence-electron chi connectivity index (χ3n) is 4.01. The number of amides is 1. The fourth-order valence-corrected chi connectivity index (χ4v) is 2.54. The standard InChI is InChI=1S/C19H22N2O2/c22-19(21-14-15-12-20-13-15)10-11-23-18-9-5-4-8-17(18)16-6-2-1-3-7-16/h1-9,15,20H,10-14H2,(H,21,22). The molecular formula is C19H22N2O2. The summed E-state index contributed by atoms with van der Waals surface area (Å²) in [6, 6.07) is 18.1. The normalized spacial score (nSPS) is 14.1. The highest BCUT2D eigenvalue weighted by Crippen LogP contribution is 2.29. The van der Waals surface area contributed by atoms with Crippen LogP contribution in [0.3, 0.4) is 0 Å². The summed E-state index contributed by atoms with van der Waals surface area (Å²) in [4.78, 5) is 11.8. The van der Waals surface area contributed by atoms with Gasteiger partial charge in [-0.2, -0.15) is 0 Å². The van der Waals surface area contributed by atoms with Crippen molar-refractivity contribution in [2.75, 3.05) is 26.2 Å². The molecule has 1 aliphatic heterocycles. The van der Waals surface area contributed by atoms with E-state index in [2.05, 4.69) is 22.8 Å². The van der Waals surface area contributed by atoms with Crippen LogP contribution in [0, 0.1) is 5.92 Å². The molecule has 0 saturated carbocycles. The highest BCUT2D eigenvalue weighted by Gasteiger charge is 2.17. The molecule has 2 aromatic rings. The molecule has 1 aliphatic rings. The Hall–Kier alpha value is -2.33. The molecule has 4 nitrogen and oxygen atoms in total. The maximum Gasteiger partial charge on any atom is 0.223 e. The van der Waals surface area contributed by atoms with E-state index in [1.807, 2.05) is 42.5 Å². The summed E-state index contributed by atoms with van der Waals surface area (Å²) in [6.45, 7) is 3.15. The molecule has 0 radical (unpaired) electrons. The van der Waals surface area contributed by atoms with Gasteiger partial charge in [0.25, 0.3) is 0 Å². The van der Waals surface area contributed by atoms with E-state index in [-0.39, 0.29) is 5.91 Å². The summed E-state index contributed by atoms with van der Waals surface area (Å²) in [5.41, 5.74) is 2.17. The summed E-state index contributed by atoms with van der Waals surface area (Å²) in [7, 11) is 0. The van der Waals surface area contributed by atoms with Crippen molar-refractivity contribution in [3.8, 4) is 16.9 Å². The Balaban J connectivity index is 1.51. The molecule has 0 spiro atoms. The van der Waals surface area contributed by atoms with E-state index in [4.69, 9.17) is 4.74 Å². The summed E-state index contributed by atoms with van der Waals surface area (Å²) in [5, 5.41) is 6.15. The second-order valence-corrected chi connectivity index (χ2v) is 5.79. The first kappa shape index (κ1) is 15.6. The molecule has 1 saturated heterocycles. The van der Waals surface area contributed by atoms with E-state index in [0.717, 1.165) is 36.5 Å². The van der Waals surface area contributed by atoms with E-state index >= 15 is 0 Å². The average molecular weight is 310 g/mol. The predicted molar refractivity (Wildman–Crippen MR) is 91.4 cm³/mol. The third kappa shape index (κ3) is 4.33. The molecule has 3 rings (SSSR count). The van der Waals surface area contributed by atoms with Crippen molar-refractivity contribution in [3.63, 3.8) is 0 Å². The number of hydrogen-bond acceptors (Lipinski definition) is 3. The van der Waals surface area contributed by atoms with Crippen LogP contribution in [-0.2, 0) is 4.79 Å². The topological polar surface area (TPSA) is 50.4 Å². The number of hydrogen-bond donors (Lipinski definition) is 2. The van der Waals surface area contributed by atoms with Gasteiger partial charge in [-0.1, -0.05) is 48.5 Å². The van der Waals surface area contributed by atoms with Crippen molar-refractivity contribution < 1.29 is 9.53 Å². The Morgan fingerprint density at radius 3 is 2.57 bits per heavy atom. The Morgan fingerprint density at radius 2 is 1.83 bits per heavy atom. The molecule has 0 atom stereocenters. The Morgan fingerprint density at radius 1 is 1.09 bits per heavy atom. The van der Waals surface area contributed by atoms with Gasteiger partial charge in [-0.3, -0.25) is 4.79 Å². The van der Waals surface area contributed by atoms with Crippen LogP contribution in [0.25, 0.3) is 11.1 Å². The van der Waals surface area contributed by atoms with Crippen molar-refractivity contribution >= 4 is 5.91 Å². The predicted octanol–water partition coefficient (Wildman–Crippen LogP) is 2.46. The third-order valence-corrected chi connectivity index (χ3v) is 4.01. The minimum atomic E-state index is 0.0501. The van der Waals surface area contributed by atoms with Crippen molar-refractivity contribution in [1.29, 1.82) is 0 Å². The summed E-state index contributed by atoms with van der Waals surface area (Å²) >= 11 is 0. The molecule has 2 aromatic carbocycles. The van der Waals surface area contributed by atoms with Crippen LogP contribution in [0.5, 0.6) is 5.75 Å². The number of para-hydroxylation sites is 1. The van der Waals surface area contributed by atoms with Gasteiger partial charge in [-0.05, 0) is 11.6 Å². The quantitative estimate of drug-likeness (QED) is 0.826. The molecule has 120 valence electrons. The average Bonchev–Trinajstić information content (AvgIpc) is 2.55. The van der Waals surface area contributed by atoms with E-state index in [9.17, 15) is 4.79 Å². The molecule has 0 unspecified atom stereocenters. The van der Waals surface area contributed by atoms with Gasteiger partial charge in [0, 0.05) is 31.1 Å². The molecular weight excluding hydrogens is 288 g/mol. The van der Waals surface area contributed by atoms with Crippen molar-refractivity contribution in [1.82, 2.24) is 10.6 Å². The first-order valence-corrected chi connectivity index (χ1v) is 8.07. The number of carbonyl (C=O) groups excluding carboxylic acids is 1. The van der Waals surface area contributed by atoms with Crippen LogP contribution in [-0.4, -0.2) is 32.1 Å². The zero-order valence-corrected chi connectivity index (χ0v) is 13.1. The number of rotatable bonds is 7. The van der Waals surface area contributed by atoms with Gasteiger partial charge in [0.05, 0.1) is 13.0 Å². The van der Waals surface area contributed by atoms with Gasteiger partial charge in [0.2, 0.25) is 5.91 Å². The van der Waals surface area contributed by atoms with E-state index in [0.29, 0.717) is 18.9 Å². The lowest BCUT2D eigenvalue weighted by Gasteiger charge is -2.27. The van der Waals surface area contributed by atoms with Gasteiger partial charge < -0.3 is 15.4 Å². The fourth-order valence-electron chi connectivity index (χ4n) is 2.54. The van der Waals surface area contributed by atoms with Crippen LogP contribution in [0.4, 0.5) is 0 Å². The van der Waals surface area contributed by atoms with E-state index in [1.54, 1.807) is 0 Å². The highest BCUT2D eigenvalue weighted by molar-refractivity contribution is 5.76. The fraction of sp³-hybridized carbons (Fsp3) is 0.316. The summed E-state index contributed by atoms with van der Waals surface area (Å²) in [5.74, 6) is 1.45. The molecule has 0 aliphatic carbocycles. The van der Waals surface area contributed by atoms with Crippen LogP contribution in [0.2, 0.25) is 0 Å². The van der Waals surface area contributed by atoms with Crippen molar-refractivity contribution in [2.24, 2.45) is 5.92 Å². The van der Waals surface area contributed by atoms with Gasteiger partial charge in [0.1, 0.15) is 5.75 Å². The number of nitrogens with one attached hydrogen (secondary N) is 2. The lowest BCUT2D eigenvalue weighted by atomic mass is 10.0. The molecule has 1 heterocycles. The lowest BCUT2D eigenvalue weighted by molar-refractivity contribution is -0.121. The Labute approximate surface area is 136 Å². The molecule has 1 amide bonds. The minimum absolute atomic E-state index is 0.0501. The zero-order valence-electron chi connectivity index (χ0n) is 13.1. The lowest BCUT2D eigenvalue weighted by Crippen LogP contribution is -2.48. The van der Waals surface area contributed by atoms with Gasteiger partial charge >= 0.3 is 0 Å². The molecule has 0 bridgehead atoms. The van der Waals surface area contributed by atoms with Gasteiger partial charge in [-0.15, -0.1) is 0 Å². The second kappa shape index (κ2) is 7.79. The maximum absolute atomic E-state index is 11.8. The molecule has 0 aromatic heterocycles. The highest BCUT2D eigenvalue weighted by atomic mass is 16.5. The molecule has 23 heavy (non-hydrogen) atoms. The van der Waals surface area contributed by atoms with E-state index < -0.39 is 0 Å². The molecule has 4 heteroatoms. The largest absolute Gasteiger partial charge is 0.492 e. The summed E-state index contributed by atoms with van der Waals surface area (Å²) < 4.78 is 5.84. The van der Waals surface area contributed by atoms with Crippen LogP contribution >= 0.6 is 0 Å². The monoisotopic (exact) mass is 310 g/mol. The van der Waals surface area contributed by atoms with Crippen molar-refractivity contribution in [3.05, 3.63) is 54.6 Å². The number of benzene rings is 2. The van der Waals surface area contributed by atoms with Crippen LogP contribution in [0.1, 0.15) is 6.42 Å². The summed E-state index contributed by atoms with van der Waals surface area (Å²) in [6.07, 6.45) is 0.378. The van der Waals surface area contributed by atoms with Gasteiger partial charge in [-0.25, -0.2) is 0 Å². The molecule has 1 fully saturated rings. The Bertz CT molecular complexity index is 639. The van der Waals surface area contributed by atoms with E-state index in [1.165, 1.54) is 0 Å². The zero-order chi connectivity index (χ0) is 15.9. The van der Waals surface area contributed by atoms with Crippen LogP contribution in [0.15, 0.2) is 54.6 Å². The molecule has 2 N–H and O–H groups in total. The first-order chi connectivity index (χ1) is 11.3. The second-order valence-electron chi connectivity index (χ2n) is 5.79.